The van der Waals surface area contributed by atoms with E-state index < -0.39 is 0 Å². The van der Waals surface area contributed by atoms with Crippen molar-refractivity contribution in [2.45, 2.75) is 64.2 Å². The molecule has 0 spiro atoms. The molecular weight excluding hydrogens is 312 g/mol. The summed E-state index contributed by atoms with van der Waals surface area (Å²) in [4.78, 5) is 0. The molecule has 3 aromatic carbocycles. The maximum Gasteiger partial charge on any atom is 0.0159 e. The first-order valence-electron chi connectivity index (χ1n) is 10.2. The third kappa shape index (κ3) is 2.21. The second kappa shape index (κ2) is 5.71. The van der Waals surface area contributed by atoms with Crippen molar-refractivity contribution in [3.05, 3.63) is 70.8 Å². The summed E-state index contributed by atoms with van der Waals surface area (Å²) in [6.07, 6.45) is 6.90. The van der Waals surface area contributed by atoms with E-state index in [1.807, 2.05) is 0 Å². The highest BCUT2D eigenvalue weighted by atomic mass is 14.4. The Hall–Kier alpha value is -2.08. The summed E-state index contributed by atoms with van der Waals surface area (Å²) in [5.74, 6) is 0.736. The summed E-state index contributed by atoms with van der Waals surface area (Å²) in [5, 5.41) is 2.95. The van der Waals surface area contributed by atoms with Crippen molar-refractivity contribution in [1.29, 1.82) is 0 Å². The highest BCUT2D eigenvalue weighted by Crippen LogP contribution is 2.53. The number of rotatable bonds is 1. The van der Waals surface area contributed by atoms with Gasteiger partial charge in [0.05, 0.1) is 0 Å². The van der Waals surface area contributed by atoms with E-state index >= 15 is 0 Å². The molecule has 0 aliphatic heterocycles. The van der Waals surface area contributed by atoms with E-state index in [4.69, 9.17) is 0 Å². The highest BCUT2D eigenvalue weighted by molar-refractivity contribution is 6.04. The Labute approximate surface area is 157 Å². The zero-order valence-corrected chi connectivity index (χ0v) is 16.2. The average Bonchev–Trinajstić information content (AvgIpc) is 2.89. The first-order chi connectivity index (χ1) is 12.6. The Morgan fingerprint density at radius 2 is 1.54 bits per heavy atom. The lowest BCUT2D eigenvalue weighted by Gasteiger charge is -2.27. The molecule has 0 amide bonds. The molecule has 0 saturated heterocycles. The molecule has 0 N–H and O–H groups in total. The van der Waals surface area contributed by atoms with Gasteiger partial charge in [-0.3, -0.25) is 0 Å². The van der Waals surface area contributed by atoms with Gasteiger partial charge in [0.1, 0.15) is 0 Å². The molecule has 0 aromatic heterocycles. The number of hydrogen-bond donors (Lipinski definition) is 0. The number of hydrogen-bond acceptors (Lipinski definition) is 0. The number of fused-ring (bicyclic) bond motifs is 5. The topological polar surface area (TPSA) is 0 Å². The monoisotopic (exact) mass is 340 g/mol. The minimum atomic E-state index is 0.0874. The van der Waals surface area contributed by atoms with Crippen LogP contribution in [0.15, 0.2) is 48.5 Å². The molecule has 3 aromatic rings. The zero-order valence-electron chi connectivity index (χ0n) is 16.2. The van der Waals surface area contributed by atoms with Crippen LogP contribution in [0.4, 0.5) is 0 Å². The van der Waals surface area contributed by atoms with Gasteiger partial charge in [-0.2, -0.15) is 0 Å². The number of benzene rings is 3. The molecular formula is C26H28. The van der Waals surface area contributed by atoms with Gasteiger partial charge in [0.15, 0.2) is 0 Å². The molecule has 2 aliphatic rings. The number of aryl methyl sites for hydroxylation is 1. The van der Waals surface area contributed by atoms with Crippen LogP contribution in [0.25, 0.3) is 21.9 Å². The van der Waals surface area contributed by atoms with Crippen LogP contribution in [0.1, 0.15) is 74.1 Å². The fourth-order valence-electron chi connectivity index (χ4n) is 5.48. The average molecular weight is 341 g/mol. The Balaban J connectivity index is 1.84. The van der Waals surface area contributed by atoms with Gasteiger partial charge in [-0.25, -0.2) is 0 Å². The first kappa shape index (κ1) is 16.1. The molecule has 0 bridgehead atoms. The maximum absolute atomic E-state index is 2.59. The highest BCUT2D eigenvalue weighted by Gasteiger charge is 2.37. The fraction of sp³-hybridized carbons (Fsp3) is 0.385. The van der Waals surface area contributed by atoms with Crippen molar-refractivity contribution >= 4 is 10.8 Å². The van der Waals surface area contributed by atoms with Gasteiger partial charge < -0.3 is 0 Å². The van der Waals surface area contributed by atoms with Crippen LogP contribution in [0.5, 0.6) is 0 Å². The van der Waals surface area contributed by atoms with Crippen LogP contribution >= 0.6 is 0 Å². The van der Waals surface area contributed by atoms with Crippen molar-refractivity contribution in [1.82, 2.24) is 0 Å². The summed E-state index contributed by atoms with van der Waals surface area (Å²) in [6, 6.07) is 18.8. The Morgan fingerprint density at radius 1 is 0.808 bits per heavy atom. The van der Waals surface area contributed by atoms with E-state index in [0.29, 0.717) is 0 Å². The van der Waals surface area contributed by atoms with Gasteiger partial charge in [-0.05, 0) is 64.3 Å². The van der Waals surface area contributed by atoms with Crippen molar-refractivity contribution in [2.24, 2.45) is 0 Å². The normalized spacial score (nSPS) is 18.7. The summed E-state index contributed by atoms with van der Waals surface area (Å²) in [5.41, 5.74) is 9.03. The van der Waals surface area contributed by atoms with Gasteiger partial charge in [0.2, 0.25) is 0 Å². The van der Waals surface area contributed by atoms with E-state index in [1.54, 1.807) is 5.56 Å². The molecule has 0 atom stereocenters. The predicted octanol–water partition coefficient (Wildman–Crippen LogP) is 7.50. The quantitative estimate of drug-likeness (QED) is 0.430. The van der Waals surface area contributed by atoms with E-state index in [2.05, 4.69) is 69.3 Å². The van der Waals surface area contributed by atoms with Gasteiger partial charge in [0.25, 0.3) is 0 Å². The van der Waals surface area contributed by atoms with Crippen LogP contribution in [-0.4, -0.2) is 0 Å². The van der Waals surface area contributed by atoms with E-state index in [1.165, 1.54) is 70.7 Å². The molecule has 0 heteroatoms. The summed E-state index contributed by atoms with van der Waals surface area (Å²) in [6.45, 7) is 7.04. The standard InChI is InChI=1S/C26H28/c1-17-13-14-21-23(15-17)26(2,3)24-16-22(18-9-5-4-6-10-18)19-11-7-8-12-20(19)25(21)24/h7-8,11-16,18H,4-6,9-10H2,1-3H3. The lowest BCUT2D eigenvalue weighted by atomic mass is 9.77. The molecule has 2 aliphatic carbocycles. The van der Waals surface area contributed by atoms with E-state index in [0.717, 1.165) is 5.92 Å². The Kier molecular flexibility index (Phi) is 3.54. The van der Waals surface area contributed by atoms with Crippen molar-refractivity contribution < 1.29 is 0 Å². The second-order valence-corrected chi connectivity index (χ2v) is 8.94. The van der Waals surface area contributed by atoms with Crippen LogP contribution in [0.3, 0.4) is 0 Å². The largest absolute Gasteiger partial charge is 0.0616 e. The van der Waals surface area contributed by atoms with Crippen LogP contribution in [0.2, 0.25) is 0 Å². The SMILES string of the molecule is Cc1ccc2c(c1)C(C)(C)c1cc(C3CCCCC3)c3ccccc3c1-2. The molecule has 1 fully saturated rings. The molecule has 1 saturated carbocycles. The van der Waals surface area contributed by atoms with Crippen molar-refractivity contribution in [3.8, 4) is 11.1 Å². The third-order valence-corrected chi connectivity index (χ3v) is 6.91. The molecule has 5 rings (SSSR count). The maximum atomic E-state index is 2.59. The van der Waals surface area contributed by atoms with Gasteiger partial charge in [0, 0.05) is 5.41 Å². The molecule has 132 valence electrons. The zero-order chi connectivity index (χ0) is 17.9. The van der Waals surface area contributed by atoms with Crippen LogP contribution in [-0.2, 0) is 5.41 Å². The van der Waals surface area contributed by atoms with Crippen molar-refractivity contribution in [2.75, 3.05) is 0 Å². The molecule has 0 nitrogen and oxygen atoms in total. The lowest BCUT2D eigenvalue weighted by molar-refractivity contribution is 0.445. The first-order valence-corrected chi connectivity index (χ1v) is 10.2. The third-order valence-electron chi connectivity index (χ3n) is 6.91. The van der Waals surface area contributed by atoms with Gasteiger partial charge >= 0.3 is 0 Å². The minimum Gasteiger partial charge on any atom is -0.0616 e. The Bertz CT molecular complexity index is 1000. The molecule has 0 heterocycles. The van der Waals surface area contributed by atoms with Gasteiger partial charge in [-0.15, -0.1) is 0 Å². The minimum absolute atomic E-state index is 0.0874. The molecule has 0 unspecified atom stereocenters. The molecule has 0 radical (unpaired) electrons. The lowest BCUT2D eigenvalue weighted by Crippen LogP contribution is -2.16. The smallest absolute Gasteiger partial charge is 0.0159 e. The van der Waals surface area contributed by atoms with Crippen LogP contribution in [0, 0.1) is 6.92 Å². The van der Waals surface area contributed by atoms with Gasteiger partial charge in [-0.1, -0.05) is 87.2 Å². The van der Waals surface area contributed by atoms with Crippen LogP contribution < -0.4 is 0 Å². The molecule has 26 heavy (non-hydrogen) atoms. The second-order valence-electron chi connectivity index (χ2n) is 8.94. The van der Waals surface area contributed by atoms with Crippen molar-refractivity contribution in [3.63, 3.8) is 0 Å². The summed E-state index contributed by atoms with van der Waals surface area (Å²) < 4.78 is 0. The van der Waals surface area contributed by atoms with E-state index in [9.17, 15) is 0 Å². The summed E-state index contributed by atoms with van der Waals surface area (Å²) >= 11 is 0. The van der Waals surface area contributed by atoms with E-state index in [-0.39, 0.29) is 5.41 Å². The Morgan fingerprint density at radius 3 is 2.31 bits per heavy atom. The predicted molar refractivity (Wildman–Crippen MR) is 112 cm³/mol. The summed E-state index contributed by atoms with van der Waals surface area (Å²) in [7, 11) is 0. The fourth-order valence-corrected chi connectivity index (χ4v) is 5.48.